The predicted molar refractivity (Wildman–Crippen MR) is 122 cm³/mol. The molecule has 1 aliphatic carbocycles. The summed E-state index contributed by atoms with van der Waals surface area (Å²) in [7, 11) is 0. The number of nitrogens with two attached hydrogens (primary N) is 1. The van der Waals surface area contributed by atoms with Crippen LogP contribution in [-0.2, 0) is 5.41 Å². The van der Waals surface area contributed by atoms with Gasteiger partial charge in [0.05, 0.1) is 28.2 Å². The Kier molecular flexibility index (Phi) is 5.33. The average molecular weight is 486 g/mol. The number of nitrogen functional groups attached to an aromatic ring is 1. The van der Waals surface area contributed by atoms with Crippen molar-refractivity contribution in [2.45, 2.75) is 44.6 Å². The molecule has 182 valence electrons. The normalized spacial score (nSPS) is 14.0. The summed E-state index contributed by atoms with van der Waals surface area (Å²) in [6.45, 7) is 2.60. The fourth-order valence-electron chi connectivity index (χ4n) is 3.55. The van der Waals surface area contributed by atoms with E-state index in [0.717, 1.165) is 12.8 Å². The number of rotatable bonds is 6. The highest BCUT2D eigenvalue weighted by molar-refractivity contribution is 6.00. The van der Waals surface area contributed by atoms with E-state index in [4.69, 9.17) is 10.3 Å². The van der Waals surface area contributed by atoms with Crippen molar-refractivity contribution in [1.82, 2.24) is 24.9 Å². The van der Waals surface area contributed by atoms with Gasteiger partial charge in [0, 0.05) is 11.6 Å². The van der Waals surface area contributed by atoms with Gasteiger partial charge >= 0.3 is 6.03 Å². The van der Waals surface area contributed by atoms with Gasteiger partial charge in [0.15, 0.2) is 5.65 Å². The molecule has 0 saturated heterocycles. The molecule has 13 heteroatoms. The van der Waals surface area contributed by atoms with E-state index < -0.39 is 23.7 Å². The summed E-state index contributed by atoms with van der Waals surface area (Å²) in [5.41, 5.74) is 5.81. The summed E-state index contributed by atoms with van der Waals surface area (Å²) < 4.78 is 47.9. The number of nitrogens with zero attached hydrogens (tertiary/aromatic N) is 5. The Balaban J connectivity index is 1.35. The van der Waals surface area contributed by atoms with Crippen molar-refractivity contribution in [2.75, 3.05) is 16.4 Å². The van der Waals surface area contributed by atoms with E-state index in [1.54, 1.807) is 10.7 Å². The van der Waals surface area contributed by atoms with Crippen LogP contribution in [0, 0.1) is 5.82 Å². The molecule has 3 aromatic heterocycles. The Morgan fingerprint density at radius 3 is 2.69 bits per heavy atom. The summed E-state index contributed by atoms with van der Waals surface area (Å²) in [6.07, 6.45) is 0.620. The van der Waals surface area contributed by atoms with E-state index in [-0.39, 0.29) is 29.1 Å². The standard InChI is InChI=1S/C22H21F3N8O2/c1-22(2,20(24)25)14-8-15(35-32-14)30-21(34)29-13-6-3-10(7-12(13)23)17-16-18(26)27-9-28-19(16)33(31-17)11-4-5-11/h3,6-9,11,20H,4-5H2,1-2H3,(H2,26,27,28)(H2,29,30,34). The van der Waals surface area contributed by atoms with E-state index >= 15 is 0 Å². The maximum Gasteiger partial charge on any atom is 0.326 e. The van der Waals surface area contributed by atoms with Gasteiger partial charge in [-0.2, -0.15) is 5.10 Å². The summed E-state index contributed by atoms with van der Waals surface area (Å²) in [5.74, 6) is -0.643. The molecule has 35 heavy (non-hydrogen) atoms. The van der Waals surface area contributed by atoms with Crippen LogP contribution >= 0.6 is 0 Å². The summed E-state index contributed by atoms with van der Waals surface area (Å²) >= 11 is 0. The average Bonchev–Trinajstić information content (AvgIpc) is 3.40. The van der Waals surface area contributed by atoms with Gasteiger partial charge in [-0.25, -0.2) is 32.6 Å². The smallest absolute Gasteiger partial charge is 0.326 e. The number of anilines is 3. The molecule has 0 bridgehead atoms. The van der Waals surface area contributed by atoms with E-state index in [9.17, 15) is 18.0 Å². The molecule has 1 aromatic carbocycles. The van der Waals surface area contributed by atoms with E-state index in [1.165, 1.54) is 38.4 Å². The van der Waals surface area contributed by atoms with Crippen LogP contribution in [0.3, 0.4) is 0 Å². The number of hydrogen-bond donors (Lipinski definition) is 3. The fraction of sp³-hybridized carbons (Fsp3) is 0.318. The van der Waals surface area contributed by atoms with Crippen molar-refractivity contribution >= 4 is 34.5 Å². The molecule has 0 radical (unpaired) electrons. The van der Waals surface area contributed by atoms with Gasteiger partial charge in [-0.3, -0.25) is 5.32 Å². The second-order valence-electron chi connectivity index (χ2n) is 8.85. The molecule has 5 rings (SSSR count). The number of nitrogens with one attached hydrogen (secondary N) is 2. The van der Waals surface area contributed by atoms with E-state index in [1.807, 2.05) is 0 Å². The highest BCUT2D eigenvalue weighted by atomic mass is 19.3. The molecular formula is C22H21F3N8O2. The second-order valence-corrected chi connectivity index (χ2v) is 8.85. The van der Waals surface area contributed by atoms with Gasteiger partial charge in [-0.15, -0.1) is 0 Å². The third kappa shape index (κ3) is 4.13. The number of carbonyl (C=O) groups excluding carboxylic acids is 1. The van der Waals surface area contributed by atoms with Crippen molar-refractivity contribution in [3.63, 3.8) is 0 Å². The molecule has 4 aromatic rings. The van der Waals surface area contributed by atoms with Crippen LogP contribution in [0.5, 0.6) is 0 Å². The van der Waals surface area contributed by atoms with Gasteiger partial charge in [0.25, 0.3) is 0 Å². The Bertz CT molecular complexity index is 1430. The molecule has 1 fully saturated rings. The van der Waals surface area contributed by atoms with Crippen LogP contribution < -0.4 is 16.4 Å². The van der Waals surface area contributed by atoms with Gasteiger partial charge in [0.2, 0.25) is 12.3 Å². The molecule has 1 saturated carbocycles. The first-order chi connectivity index (χ1) is 16.6. The maximum atomic E-state index is 14.9. The van der Waals surface area contributed by atoms with E-state index in [2.05, 4.69) is 30.9 Å². The van der Waals surface area contributed by atoms with Crippen molar-refractivity contribution in [1.29, 1.82) is 0 Å². The Hall–Kier alpha value is -4.16. The fourth-order valence-corrected chi connectivity index (χ4v) is 3.55. The first-order valence-electron chi connectivity index (χ1n) is 10.8. The van der Waals surface area contributed by atoms with Gasteiger partial charge in [-0.1, -0.05) is 11.2 Å². The quantitative estimate of drug-likeness (QED) is 0.358. The van der Waals surface area contributed by atoms with Crippen molar-refractivity contribution in [2.24, 2.45) is 0 Å². The Morgan fingerprint density at radius 1 is 1.23 bits per heavy atom. The zero-order valence-corrected chi connectivity index (χ0v) is 18.7. The molecule has 3 heterocycles. The van der Waals surface area contributed by atoms with Crippen molar-refractivity contribution in [3.05, 3.63) is 42.1 Å². The van der Waals surface area contributed by atoms with Crippen LogP contribution in [0.15, 0.2) is 35.1 Å². The highest BCUT2D eigenvalue weighted by Crippen LogP contribution is 2.40. The third-order valence-electron chi connectivity index (χ3n) is 5.85. The molecule has 10 nitrogen and oxygen atoms in total. The molecule has 0 aliphatic heterocycles. The molecule has 2 amide bonds. The van der Waals surface area contributed by atoms with E-state index in [0.29, 0.717) is 22.3 Å². The van der Waals surface area contributed by atoms with Gasteiger partial charge < -0.3 is 15.6 Å². The summed E-state index contributed by atoms with van der Waals surface area (Å²) in [5, 5.41) is 13.4. The van der Waals surface area contributed by atoms with Gasteiger partial charge in [0.1, 0.15) is 23.7 Å². The summed E-state index contributed by atoms with van der Waals surface area (Å²) in [6, 6.07) is 4.76. The Labute approximate surface area is 196 Å². The monoisotopic (exact) mass is 486 g/mol. The van der Waals surface area contributed by atoms with Crippen LogP contribution in [-0.4, -0.2) is 37.4 Å². The number of benzene rings is 1. The van der Waals surface area contributed by atoms with Gasteiger partial charge in [-0.05, 0) is 38.8 Å². The third-order valence-corrected chi connectivity index (χ3v) is 5.85. The zero-order chi connectivity index (χ0) is 24.9. The lowest BCUT2D eigenvalue weighted by Crippen LogP contribution is -2.27. The lowest BCUT2D eigenvalue weighted by atomic mass is 9.90. The lowest BCUT2D eigenvalue weighted by Gasteiger charge is -2.19. The number of alkyl halides is 2. The number of urea groups is 1. The molecule has 0 unspecified atom stereocenters. The number of carbonyl (C=O) groups is 1. The predicted octanol–water partition coefficient (Wildman–Crippen LogP) is 4.72. The number of aromatic nitrogens is 5. The maximum absolute atomic E-state index is 14.9. The highest BCUT2D eigenvalue weighted by Gasteiger charge is 2.35. The second kappa shape index (κ2) is 8.25. The zero-order valence-electron chi connectivity index (χ0n) is 18.7. The lowest BCUT2D eigenvalue weighted by molar-refractivity contribution is 0.0653. The minimum Gasteiger partial charge on any atom is -0.383 e. The first kappa shape index (κ1) is 22.6. The molecule has 0 atom stereocenters. The van der Waals surface area contributed by atoms with Crippen LogP contribution in [0.2, 0.25) is 0 Å². The van der Waals surface area contributed by atoms with Crippen molar-refractivity contribution < 1.29 is 22.5 Å². The Morgan fingerprint density at radius 2 is 2.00 bits per heavy atom. The number of halogens is 3. The SMILES string of the molecule is CC(C)(c1cc(NC(=O)Nc2ccc(-c3nn(C4CC4)c4ncnc(N)c34)cc2F)on1)C(F)F. The topological polar surface area (TPSA) is 137 Å². The molecular weight excluding hydrogens is 465 g/mol. The minimum atomic E-state index is -2.68. The summed E-state index contributed by atoms with van der Waals surface area (Å²) in [4.78, 5) is 20.6. The molecule has 4 N–H and O–H groups in total. The first-order valence-corrected chi connectivity index (χ1v) is 10.8. The minimum absolute atomic E-state index is 0.0283. The number of hydrogen-bond acceptors (Lipinski definition) is 7. The number of amides is 2. The largest absolute Gasteiger partial charge is 0.383 e. The molecule has 0 spiro atoms. The van der Waals surface area contributed by atoms with Crippen LogP contribution in [0.1, 0.15) is 38.4 Å². The van der Waals surface area contributed by atoms with Crippen molar-refractivity contribution in [3.8, 4) is 11.3 Å². The molecule has 1 aliphatic rings. The van der Waals surface area contributed by atoms with Crippen LogP contribution in [0.25, 0.3) is 22.3 Å². The van der Waals surface area contributed by atoms with Crippen LogP contribution in [0.4, 0.5) is 35.4 Å². The number of fused-ring (bicyclic) bond motifs is 1.